The SMILES string of the molecule is COc1ccccc1NS(=O)(=O)c1cc(NC(=O)c2ccc(C)nc2C)ccc1N1CCOCC1. The highest BCUT2D eigenvalue weighted by molar-refractivity contribution is 7.93. The Kier molecular flexibility index (Phi) is 7.23. The molecule has 4 rings (SSSR count). The average Bonchev–Trinajstić information content (AvgIpc) is 2.84. The van der Waals surface area contributed by atoms with Gasteiger partial charge in [-0.15, -0.1) is 0 Å². The van der Waals surface area contributed by atoms with Gasteiger partial charge in [0.05, 0.1) is 43.0 Å². The lowest BCUT2D eigenvalue weighted by Crippen LogP contribution is -2.37. The lowest BCUT2D eigenvalue weighted by molar-refractivity contribution is 0.102. The van der Waals surface area contributed by atoms with E-state index < -0.39 is 10.0 Å². The van der Waals surface area contributed by atoms with Gasteiger partial charge < -0.3 is 19.7 Å². The van der Waals surface area contributed by atoms with Crippen molar-refractivity contribution >= 4 is 33.0 Å². The van der Waals surface area contributed by atoms with E-state index in [1.807, 2.05) is 11.8 Å². The van der Waals surface area contributed by atoms with Crippen molar-refractivity contribution in [3.8, 4) is 5.75 Å². The van der Waals surface area contributed by atoms with Crippen LogP contribution in [0.25, 0.3) is 0 Å². The van der Waals surface area contributed by atoms with Gasteiger partial charge in [-0.05, 0) is 56.3 Å². The van der Waals surface area contributed by atoms with Crippen LogP contribution in [0.3, 0.4) is 0 Å². The summed E-state index contributed by atoms with van der Waals surface area (Å²) < 4.78 is 40.5. The predicted octanol–water partition coefficient (Wildman–Crippen LogP) is 3.60. The minimum absolute atomic E-state index is 0.0434. The van der Waals surface area contributed by atoms with Crippen molar-refractivity contribution in [2.75, 3.05) is 48.4 Å². The molecule has 1 saturated heterocycles. The van der Waals surface area contributed by atoms with E-state index in [-0.39, 0.29) is 10.8 Å². The largest absolute Gasteiger partial charge is 0.495 e. The van der Waals surface area contributed by atoms with Crippen LogP contribution in [0.15, 0.2) is 59.5 Å². The Labute approximate surface area is 205 Å². The van der Waals surface area contributed by atoms with Gasteiger partial charge in [-0.3, -0.25) is 14.5 Å². The third-order valence-electron chi connectivity index (χ3n) is 5.68. The van der Waals surface area contributed by atoms with Crippen molar-refractivity contribution in [2.24, 2.45) is 0 Å². The van der Waals surface area contributed by atoms with Crippen LogP contribution in [0.4, 0.5) is 17.1 Å². The topological polar surface area (TPSA) is 110 Å². The summed E-state index contributed by atoms with van der Waals surface area (Å²) >= 11 is 0. The summed E-state index contributed by atoms with van der Waals surface area (Å²) in [6, 6.07) is 15.1. The van der Waals surface area contributed by atoms with Gasteiger partial charge in [0, 0.05) is 24.5 Å². The number of nitrogens with zero attached hydrogens (tertiary/aromatic N) is 2. The third-order valence-corrected chi connectivity index (χ3v) is 7.07. The van der Waals surface area contributed by atoms with Gasteiger partial charge in [0.15, 0.2) is 0 Å². The van der Waals surface area contributed by atoms with Crippen LogP contribution in [0.5, 0.6) is 5.75 Å². The molecule has 2 heterocycles. The summed E-state index contributed by atoms with van der Waals surface area (Å²) in [6.45, 7) is 5.71. The quantitative estimate of drug-likeness (QED) is 0.514. The molecule has 0 bridgehead atoms. The van der Waals surface area contributed by atoms with E-state index >= 15 is 0 Å². The second-order valence-corrected chi connectivity index (χ2v) is 9.78. The van der Waals surface area contributed by atoms with E-state index in [1.54, 1.807) is 55.5 Å². The molecule has 0 spiro atoms. The highest BCUT2D eigenvalue weighted by Gasteiger charge is 2.25. The zero-order valence-corrected chi connectivity index (χ0v) is 20.7. The van der Waals surface area contributed by atoms with Crippen molar-refractivity contribution in [2.45, 2.75) is 18.7 Å². The van der Waals surface area contributed by atoms with Gasteiger partial charge in [-0.2, -0.15) is 0 Å². The number of ether oxygens (including phenoxy) is 2. The Bertz CT molecular complexity index is 1340. The molecule has 184 valence electrons. The van der Waals surface area contributed by atoms with Gasteiger partial charge >= 0.3 is 0 Å². The standard InChI is InChI=1S/C25H28N4O5S/c1-17-8-10-20(18(2)26-17)25(30)27-19-9-11-22(29-12-14-34-15-13-29)24(16-19)35(31,32)28-21-6-4-5-7-23(21)33-3/h4-11,16,28H,12-15H2,1-3H3,(H,27,30). The molecule has 1 aliphatic rings. The van der Waals surface area contributed by atoms with E-state index in [0.29, 0.717) is 60.4 Å². The molecule has 0 saturated carbocycles. The number of methoxy groups -OCH3 is 1. The Morgan fingerprint density at radius 1 is 1.06 bits per heavy atom. The van der Waals surface area contributed by atoms with E-state index in [2.05, 4.69) is 15.0 Å². The number of para-hydroxylation sites is 2. The number of rotatable bonds is 7. The number of nitrogens with one attached hydrogen (secondary N) is 2. The molecule has 1 amide bonds. The van der Waals surface area contributed by atoms with Crippen LogP contribution in [0.2, 0.25) is 0 Å². The van der Waals surface area contributed by atoms with Gasteiger partial charge in [0.1, 0.15) is 10.6 Å². The van der Waals surface area contributed by atoms with Crippen LogP contribution < -0.4 is 19.7 Å². The van der Waals surface area contributed by atoms with E-state index in [9.17, 15) is 13.2 Å². The number of aryl methyl sites for hydroxylation is 2. The van der Waals surface area contributed by atoms with Gasteiger partial charge in [0.2, 0.25) is 0 Å². The minimum atomic E-state index is -4.04. The molecule has 10 heteroatoms. The number of morpholine rings is 1. The first-order valence-electron chi connectivity index (χ1n) is 11.2. The molecule has 35 heavy (non-hydrogen) atoms. The summed E-state index contributed by atoms with van der Waals surface area (Å²) in [6.07, 6.45) is 0. The van der Waals surface area contributed by atoms with Gasteiger partial charge in [-0.25, -0.2) is 8.42 Å². The number of aromatic nitrogens is 1. The van der Waals surface area contributed by atoms with Gasteiger partial charge in [-0.1, -0.05) is 12.1 Å². The molecule has 9 nitrogen and oxygen atoms in total. The predicted molar refractivity (Wildman–Crippen MR) is 135 cm³/mol. The third kappa shape index (κ3) is 5.55. The summed E-state index contributed by atoms with van der Waals surface area (Å²) in [5, 5.41) is 2.81. The molecule has 0 aliphatic carbocycles. The van der Waals surface area contributed by atoms with Crippen LogP contribution in [0.1, 0.15) is 21.7 Å². The first-order valence-corrected chi connectivity index (χ1v) is 12.6. The lowest BCUT2D eigenvalue weighted by atomic mass is 10.1. The van der Waals surface area contributed by atoms with Crippen molar-refractivity contribution in [1.82, 2.24) is 4.98 Å². The van der Waals surface area contributed by atoms with Crippen LogP contribution in [-0.4, -0.2) is 52.7 Å². The van der Waals surface area contributed by atoms with Crippen molar-refractivity contribution in [3.63, 3.8) is 0 Å². The zero-order chi connectivity index (χ0) is 25.0. The minimum Gasteiger partial charge on any atom is -0.495 e. The smallest absolute Gasteiger partial charge is 0.264 e. The summed E-state index contributed by atoms with van der Waals surface area (Å²) in [7, 11) is -2.56. The molecule has 0 atom stereocenters. The van der Waals surface area contributed by atoms with Crippen molar-refractivity contribution < 1.29 is 22.7 Å². The Morgan fingerprint density at radius 3 is 2.51 bits per heavy atom. The summed E-state index contributed by atoms with van der Waals surface area (Å²) in [4.78, 5) is 19.2. The van der Waals surface area contributed by atoms with Gasteiger partial charge in [0.25, 0.3) is 15.9 Å². The van der Waals surface area contributed by atoms with Crippen molar-refractivity contribution in [1.29, 1.82) is 0 Å². The average molecular weight is 497 g/mol. The van der Waals surface area contributed by atoms with E-state index in [0.717, 1.165) is 5.69 Å². The number of anilines is 3. The Morgan fingerprint density at radius 2 is 1.80 bits per heavy atom. The molecule has 2 aromatic carbocycles. The normalized spacial score (nSPS) is 13.9. The number of hydrogen-bond acceptors (Lipinski definition) is 7. The zero-order valence-electron chi connectivity index (χ0n) is 19.9. The number of hydrogen-bond donors (Lipinski definition) is 2. The monoisotopic (exact) mass is 496 g/mol. The number of carbonyl (C=O) groups excluding carboxylic acids is 1. The fraction of sp³-hybridized carbons (Fsp3) is 0.280. The molecule has 0 unspecified atom stereocenters. The first-order chi connectivity index (χ1) is 16.8. The maximum Gasteiger partial charge on any atom is 0.264 e. The summed E-state index contributed by atoms with van der Waals surface area (Å²) in [5.74, 6) is 0.0333. The number of pyridine rings is 1. The van der Waals surface area contributed by atoms with Crippen LogP contribution in [0, 0.1) is 13.8 Å². The molecular formula is C25H28N4O5S. The van der Waals surface area contributed by atoms with Crippen LogP contribution in [-0.2, 0) is 14.8 Å². The molecule has 2 N–H and O–H groups in total. The fourth-order valence-electron chi connectivity index (χ4n) is 3.93. The summed E-state index contributed by atoms with van der Waals surface area (Å²) in [5.41, 5.74) is 3.03. The maximum absolute atomic E-state index is 13.6. The lowest BCUT2D eigenvalue weighted by Gasteiger charge is -2.30. The Balaban J connectivity index is 1.71. The number of benzene rings is 2. The molecule has 1 aromatic heterocycles. The number of amides is 1. The molecule has 3 aromatic rings. The molecule has 0 radical (unpaired) electrons. The van der Waals surface area contributed by atoms with E-state index in [4.69, 9.17) is 9.47 Å². The molecular weight excluding hydrogens is 468 g/mol. The van der Waals surface area contributed by atoms with E-state index in [1.165, 1.54) is 13.2 Å². The second kappa shape index (κ2) is 10.3. The van der Waals surface area contributed by atoms with Crippen molar-refractivity contribution in [3.05, 3.63) is 71.5 Å². The molecule has 1 aliphatic heterocycles. The highest BCUT2D eigenvalue weighted by atomic mass is 32.2. The van der Waals surface area contributed by atoms with Crippen LogP contribution >= 0.6 is 0 Å². The number of sulfonamides is 1. The maximum atomic E-state index is 13.6. The Hall–Kier alpha value is -3.63. The highest BCUT2D eigenvalue weighted by Crippen LogP contribution is 2.33. The molecule has 1 fully saturated rings. The first kappa shape index (κ1) is 24.5. The second-order valence-electron chi connectivity index (χ2n) is 8.13. The number of carbonyl (C=O) groups is 1. The fourth-order valence-corrected chi connectivity index (χ4v) is 5.25.